The number of carbonyl (C=O) groups is 1. The summed E-state index contributed by atoms with van der Waals surface area (Å²) in [5.41, 5.74) is 1.46. The molecule has 0 amide bonds. The number of rotatable bonds is 6. The molecule has 0 atom stereocenters. The number of ether oxygens (including phenoxy) is 2. The lowest BCUT2D eigenvalue weighted by Gasteiger charge is -2.10. The highest BCUT2D eigenvalue weighted by Crippen LogP contribution is 2.30. The van der Waals surface area contributed by atoms with E-state index in [0.29, 0.717) is 34.3 Å². The Kier molecular flexibility index (Phi) is 5.66. The molecule has 0 aliphatic rings. The first-order valence-corrected chi connectivity index (χ1v) is 7.44. The van der Waals surface area contributed by atoms with Gasteiger partial charge in [-0.25, -0.2) is 4.79 Å². The Morgan fingerprint density at radius 2 is 1.87 bits per heavy atom. The molecule has 0 unspecified atom stereocenters. The zero-order valence-electron chi connectivity index (χ0n) is 12.9. The molecule has 2 aromatic carbocycles. The first-order valence-electron chi connectivity index (χ1n) is 7.07. The Labute approximate surface area is 139 Å². The third-order valence-electron chi connectivity index (χ3n) is 3.18. The fourth-order valence-electron chi connectivity index (χ4n) is 2.12. The molecular weight excluding hydrogens is 316 g/mol. The molecule has 0 aliphatic heterocycles. The van der Waals surface area contributed by atoms with E-state index in [0.717, 1.165) is 0 Å². The summed E-state index contributed by atoms with van der Waals surface area (Å²) < 4.78 is 10.7. The zero-order valence-corrected chi connectivity index (χ0v) is 13.6. The summed E-state index contributed by atoms with van der Waals surface area (Å²) >= 11 is 5.85. The minimum absolute atomic E-state index is 0.175. The summed E-state index contributed by atoms with van der Waals surface area (Å²) in [5.74, 6) is 0.165. The number of hydrogen-bond acceptors (Lipinski definition) is 3. The second-order valence-electron chi connectivity index (χ2n) is 4.71. The van der Waals surface area contributed by atoms with Gasteiger partial charge in [-0.05, 0) is 48.4 Å². The first-order chi connectivity index (χ1) is 11.0. The van der Waals surface area contributed by atoms with Crippen molar-refractivity contribution in [3.8, 4) is 11.5 Å². The van der Waals surface area contributed by atoms with Gasteiger partial charge in [-0.2, -0.15) is 0 Å². The van der Waals surface area contributed by atoms with Gasteiger partial charge in [0.05, 0.1) is 19.3 Å². The number of carboxylic acid groups (broad SMARTS) is 1. The summed E-state index contributed by atoms with van der Waals surface area (Å²) in [7, 11) is 1.56. The van der Waals surface area contributed by atoms with Gasteiger partial charge >= 0.3 is 5.97 Å². The van der Waals surface area contributed by atoms with Crippen molar-refractivity contribution in [3.63, 3.8) is 0 Å². The summed E-state index contributed by atoms with van der Waals surface area (Å²) in [6, 6.07) is 11.9. The highest BCUT2D eigenvalue weighted by atomic mass is 35.5. The van der Waals surface area contributed by atoms with E-state index < -0.39 is 5.97 Å². The second-order valence-corrected chi connectivity index (χ2v) is 5.15. The van der Waals surface area contributed by atoms with Crippen LogP contribution in [0, 0.1) is 0 Å². The Bertz CT molecular complexity index is 720. The highest BCUT2D eigenvalue weighted by molar-refractivity contribution is 6.30. The number of benzene rings is 2. The monoisotopic (exact) mass is 332 g/mol. The van der Waals surface area contributed by atoms with Crippen molar-refractivity contribution in [2.75, 3.05) is 13.7 Å². The van der Waals surface area contributed by atoms with E-state index in [-0.39, 0.29) is 5.57 Å². The molecule has 0 aliphatic carbocycles. The van der Waals surface area contributed by atoms with E-state index in [9.17, 15) is 9.90 Å². The molecule has 2 rings (SSSR count). The Morgan fingerprint density at radius 1 is 1.17 bits per heavy atom. The molecule has 2 aromatic rings. The van der Waals surface area contributed by atoms with Crippen molar-refractivity contribution in [2.24, 2.45) is 0 Å². The minimum atomic E-state index is -1.01. The van der Waals surface area contributed by atoms with Crippen LogP contribution in [0.15, 0.2) is 42.5 Å². The van der Waals surface area contributed by atoms with Gasteiger partial charge in [0.1, 0.15) is 0 Å². The molecule has 0 aromatic heterocycles. The van der Waals surface area contributed by atoms with Crippen LogP contribution in [0.4, 0.5) is 0 Å². The average Bonchev–Trinajstić information content (AvgIpc) is 2.54. The van der Waals surface area contributed by atoms with Gasteiger partial charge in [0.15, 0.2) is 11.5 Å². The summed E-state index contributed by atoms with van der Waals surface area (Å²) in [6.45, 7) is 2.37. The third kappa shape index (κ3) is 4.27. The molecular formula is C18H17ClO4. The lowest BCUT2D eigenvalue weighted by atomic mass is 10.0. The molecule has 4 nitrogen and oxygen atoms in total. The fourth-order valence-corrected chi connectivity index (χ4v) is 2.24. The maximum atomic E-state index is 11.6. The van der Waals surface area contributed by atoms with Gasteiger partial charge in [-0.3, -0.25) is 0 Å². The topological polar surface area (TPSA) is 55.8 Å². The van der Waals surface area contributed by atoms with Crippen LogP contribution in [0.25, 0.3) is 11.6 Å². The number of halogens is 1. The van der Waals surface area contributed by atoms with Crippen LogP contribution in [0.3, 0.4) is 0 Å². The molecule has 120 valence electrons. The quantitative estimate of drug-likeness (QED) is 0.630. The van der Waals surface area contributed by atoms with E-state index in [1.54, 1.807) is 55.7 Å². The molecule has 0 radical (unpaired) electrons. The van der Waals surface area contributed by atoms with E-state index in [1.165, 1.54) is 0 Å². The SMILES string of the molecule is CCOc1cc(/C=C(\C(=O)O)c2ccc(Cl)cc2)ccc1OC. The number of methoxy groups -OCH3 is 1. The smallest absolute Gasteiger partial charge is 0.336 e. The van der Waals surface area contributed by atoms with Crippen molar-refractivity contribution >= 4 is 29.2 Å². The van der Waals surface area contributed by atoms with Crippen molar-refractivity contribution in [3.05, 3.63) is 58.6 Å². The van der Waals surface area contributed by atoms with Crippen molar-refractivity contribution in [2.45, 2.75) is 6.92 Å². The van der Waals surface area contributed by atoms with Crippen LogP contribution in [-0.4, -0.2) is 24.8 Å². The molecule has 0 spiro atoms. The normalized spacial score (nSPS) is 11.2. The standard InChI is InChI=1S/C18H17ClO4/c1-3-23-17-11-12(4-9-16(17)22-2)10-15(18(20)21)13-5-7-14(19)8-6-13/h4-11H,3H2,1-2H3,(H,20,21)/b15-10-. The largest absolute Gasteiger partial charge is 0.493 e. The predicted molar refractivity (Wildman–Crippen MR) is 91.1 cm³/mol. The van der Waals surface area contributed by atoms with Crippen LogP contribution < -0.4 is 9.47 Å². The first kappa shape index (κ1) is 16.9. The molecule has 1 N–H and O–H groups in total. The van der Waals surface area contributed by atoms with Gasteiger partial charge in [0.25, 0.3) is 0 Å². The maximum absolute atomic E-state index is 11.6. The van der Waals surface area contributed by atoms with Crippen LogP contribution in [0.2, 0.25) is 5.02 Å². The van der Waals surface area contributed by atoms with Crippen LogP contribution >= 0.6 is 11.6 Å². The van der Waals surface area contributed by atoms with Gasteiger partial charge in [0.2, 0.25) is 0 Å². The van der Waals surface area contributed by atoms with Gasteiger partial charge < -0.3 is 14.6 Å². The fraction of sp³-hybridized carbons (Fsp3) is 0.167. The Morgan fingerprint density at radius 3 is 2.43 bits per heavy atom. The number of aliphatic carboxylic acids is 1. The lowest BCUT2D eigenvalue weighted by molar-refractivity contribution is -0.130. The molecule has 5 heteroatoms. The maximum Gasteiger partial charge on any atom is 0.336 e. The molecule has 0 bridgehead atoms. The van der Waals surface area contributed by atoms with Gasteiger partial charge in [0, 0.05) is 5.02 Å². The molecule has 0 saturated carbocycles. The molecule has 0 saturated heterocycles. The Balaban J connectivity index is 2.45. The summed E-state index contributed by atoms with van der Waals surface area (Å²) in [5, 5.41) is 10.0. The average molecular weight is 333 g/mol. The number of carboxylic acids is 1. The second kappa shape index (κ2) is 7.70. The van der Waals surface area contributed by atoms with Crippen molar-refractivity contribution in [1.29, 1.82) is 0 Å². The van der Waals surface area contributed by atoms with Gasteiger partial charge in [-0.1, -0.05) is 29.8 Å². The zero-order chi connectivity index (χ0) is 16.8. The highest BCUT2D eigenvalue weighted by Gasteiger charge is 2.12. The van der Waals surface area contributed by atoms with Crippen molar-refractivity contribution in [1.82, 2.24) is 0 Å². The predicted octanol–water partition coefficient (Wildman–Crippen LogP) is 4.37. The Hall–Kier alpha value is -2.46. The van der Waals surface area contributed by atoms with Crippen LogP contribution in [-0.2, 0) is 4.79 Å². The molecule has 0 heterocycles. The van der Waals surface area contributed by atoms with E-state index in [4.69, 9.17) is 21.1 Å². The molecule has 0 fully saturated rings. The minimum Gasteiger partial charge on any atom is -0.493 e. The van der Waals surface area contributed by atoms with Gasteiger partial charge in [-0.15, -0.1) is 0 Å². The summed E-state index contributed by atoms with van der Waals surface area (Å²) in [6.07, 6.45) is 1.59. The molecule has 23 heavy (non-hydrogen) atoms. The third-order valence-corrected chi connectivity index (χ3v) is 3.44. The van der Waals surface area contributed by atoms with Crippen LogP contribution in [0.1, 0.15) is 18.1 Å². The van der Waals surface area contributed by atoms with Crippen LogP contribution in [0.5, 0.6) is 11.5 Å². The number of hydrogen-bond donors (Lipinski definition) is 1. The van der Waals surface area contributed by atoms with E-state index >= 15 is 0 Å². The lowest BCUT2D eigenvalue weighted by Crippen LogP contribution is -2.00. The van der Waals surface area contributed by atoms with E-state index in [2.05, 4.69) is 0 Å². The summed E-state index contributed by atoms with van der Waals surface area (Å²) in [4.78, 5) is 11.6. The van der Waals surface area contributed by atoms with Crippen molar-refractivity contribution < 1.29 is 19.4 Å². The van der Waals surface area contributed by atoms with E-state index in [1.807, 2.05) is 6.92 Å².